The molecule has 0 aliphatic carbocycles. The molecule has 23 heavy (non-hydrogen) atoms. The molecule has 2 aromatic heterocycles. The van der Waals surface area contributed by atoms with E-state index in [-0.39, 0.29) is 0 Å². The van der Waals surface area contributed by atoms with E-state index >= 15 is 0 Å². The van der Waals surface area contributed by atoms with Gasteiger partial charge in [0, 0.05) is 17.3 Å². The predicted octanol–water partition coefficient (Wildman–Crippen LogP) is 3.98. The number of hydrogen-bond donors (Lipinski definition) is 1. The Morgan fingerprint density at radius 3 is 2.65 bits per heavy atom. The van der Waals surface area contributed by atoms with E-state index in [1.54, 1.807) is 0 Å². The summed E-state index contributed by atoms with van der Waals surface area (Å²) in [5.41, 5.74) is 3.89. The lowest BCUT2D eigenvalue weighted by Gasteiger charge is -2.26. The van der Waals surface area contributed by atoms with Gasteiger partial charge in [-0.05, 0) is 57.1 Å². The fraction of sp³-hybridized carbons (Fsp3) is 0.333. The maximum absolute atomic E-state index is 6.44. The van der Waals surface area contributed by atoms with Crippen LogP contribution in [0.5, 0.6) is 0 Å². The Hall–Kier alpha value is -1.91. The quantitative estimate of drug-likeness (QED) is 0.774. The molecule has 3 heterocycles. The van der Waals surface area contributed by atoms with E-state index in [0.717, 1.165) is 59.2 Å². The number of nitrogens with one attached hydrogen (secondary N) is 1. The van der Waals surface area contributed by atoms with Gasteiger partial charge in [0.15, 0.2) is 5.65 Å². The van der Waals surface area contributed by atoms with Crippen molar-refractivity contribution >= 4 is 22.8 Å². The maximum atomic E-state index is 6.44. The van der Waals surface area contributed by atoms with Gasteiger partial charge >= 0.3 is 0 Å². The molecule has 4 nitrogen and oxygen atoms in total. The third-order valence-electron chi connectivity index (χ3n) is 4.47. The van der Waals surface area contributed by atoms with Crippen molar-refractivity contribution in [2.45, 2.75) is 25.8 Å². The van der Waals surface area contributed by atoms with Crippen LogP contribution in [0.3, 0.4) is 0 Å². The SMILES string of the molecule is Cc1ccc2nc(-c3ccccc3Cl)n(C3CCNCC3)c2n1. The minimum absolute atomic E-state index is 0.404. The van der Waals surface area contributed by atoms with Gasteiger partial charge in [0.1, 0.15) is 11.3 Å². The topological polar surface area (TPSA) is 42.7 Å². The molecule has 1 fully saturated rings. The predicted molar refractivity (Wildman–Crippen MR) is 93.9 cm³/mol. The first-order valence-electron chi connectivity index (χ1n) is 8.05. The molecule has 5 heteroatoms. The van der Waals surface area contributed by atoms with Crippen molar-refractivity contribution in [3.63, 3.8) is 0 Å². The van der Waals surface area contributed by atoms with Crippen LogP contribution < -0.4 is 5.32 Å². The Kier molecular flexibility index (Phi) is 3.79. The Morgan fingerprint density at radius 2 is 1.87 bits per heavy atom. The van der Waals surface area contributed by atoms with Crippen molar-refractivity contribution in [1.82, 2.24) is 19.9 Å². The number of aryl methyl sites for hydroxylation is 1. The summed E-state index contributed by atoms with van der Waals surface area (Å²) in [6, 6.07) is 12.4. The summed E-state index contributed by atoms with van der Waals surface area (Å²) in [7, 11) is 0. The van der Waals surface area contributed by atoms with Gasteiger partial charge < -0.3 is 9.88 Å². The third-order valence-corrected chi connectivity index (χ3v) is 4.79. The molecule has 0 spiro atoms. The number of rotatable bonds is 2. The number of nitrogens with zero attached hydrogens (tertiary/aromatic N) is 3. The van der Waals surface area contributed by atoms with Crippen LogP contribution >= 0.6 is 11.6 Å². The molecule has 0 saturated carbocycles. The summed E-state index contributed by atoms with van der Waals surface area (Å²) in [5, 5.41) is 4.16. The highest BCUT2D eigenvalue weighted by molar-refractivity contribution is 6.33. The van der Waals surface area contributed by atoms with Crippen molar-refractivity contribution in [2.75, 3.05) is 13.1 Å². The van der Waals surface area contributed by atoms with Gasteiger partial charge in [0.2, 0.25) is 0 Å². The molecule has 3 aromatic rings. The highest BCUT2D eigenvalue weighted by Crippen LogP contribution is 2.34. The molecule has 1 N–H and O–H groups in total. The fourth-order valence-electron chi connectivity index (χ4n) is 3.31. The number of fused-ring (bicyclic) bond motifs is 1. The molecule has 0 amide bonds. The van der Waals surface area contributed by atoms with Crippen LogP contribution in [0, 0.1) is 6.92 Å². The molecule has 1 aromatic carbocycles. The summed E-state index contributed by atoms with van der Waals surface area (Å²) >= 11 is 6.44. The van der Waals surface area contributed by atoms with Gasteiger partial charge in [0.05, 0.1) is 5.02 Å². The van der Waals surface area contributed by atoms with Crippen molar-refractivity contribution in [1.29, 1.82) is 0 Å². The zero-order valence-electron chi connectivity index (χ0n) is 13.1. The minimum atomic E-state index is 0.404. The number of hydrogen-bond acceptors (Lipinski definition) is 3. The van der Waals surface area contributed by atoms with Crippen LogP contribution in [0.25, 0.3) is 22.6 Å². The Morgan fingerprint density at radius 1 is 1.09 bits per heavy atom. The van der Waals surface area contributed by atoms with E-state index in [4.69, 9.17) is 21.6 Å². The fourth-order valence-corrected chi connectivity index (χ4v) is 3.53. The van der Waals surface area contributed by atoms with Gasteiger partial charge in [-0.2, -0.15) is 0 Å². The Balaban J connectivity index is 1.97. The number of aromatic nitrogens is 3. The van der Waals surface area contributed by atoms with Gasteiger partial charge in [0.25, 0.3) is 0 Å². The molecule has 1 aliphatic heterocycles. The van der Waals surface area contributed by atoms with Gasteiger partial charge in [-0.1, -0.05) is 23.7 Å². The lowest BCUT2D eigenvalue weighted by atomic mass is 10.1. The normalized spacial score (nSPS) is 16.1. The van der Waals surface area contributed by atoms with Crippen LogP contribution in [-0.2, 0) is 0 Å². The monoisotopic (exact) mass is 326 g/mol. The second-order valence-corrected chi connectivity index (χ2v) is 6.47. The highest BCUT2D eigenvalue weighted by atomic mass is 35.5. The summed E-state index contributed by atoms with van der Waals surface area (Å²) in [6.45, 7) is 4.07. The van der Waals surface area contributed by atoms with Crippen molar-refractivity contribution in [3.8, 4) is 11.4 Å². The largest absolute Gasteiger partial charge is 0.317 e. The second kappa shape index (κ2) is 5.95. The third kappa shape index (κ3) is 2.62. The molecule has 118 valence electrons. The number of benzene rings is 1. The summed E-state index contributed by atoms with van der Waals surface area (Å²) < 4.78 is 2.30. The second-order valence-electron chi connectivity index (χ2n) is 6.06. The summed E-state index contributed by atoms with van der Waals surface area (Å²) in [4.78, 5) is 9.62. The average Bonchev–Trinajstić information content (AvgIpc) is 2.94. The summed E-state index contributed by atoms with van der Waals surface area (Å²) in [6.07, 6.45) is 2.16. The van der Waals surface area contributed by atoms with Crippen LogP contribution in [0.1, 0.15) is 24.6 Å². The summed E-state index contributed by atoms with van der Waals surface area (Å²) in [5.74, 6) is 0.926. The first-order valence-corrected chi connectivity index (χ1v) is 8.43. The standard InChI is InChI=1S/C18H19ClN4/c1-12-6-7-16-18(21-12)23(13-8-10-20-11-9-13)17(22-16)14-4-2-3-5-15(14)19/h2-7,13,20H,8-11H2,1H3. The van der Waals surface area contributed by atoms with Crippen LogP contribution in [0.4, 0.5) is 0 Å². The molecule has 4 rings (SSSR count). The first kappa shape index (κ1) is 14.7. The number of pyridine rings is 1. The van der Waals surface area contributed by atoms with Crippen molar-refractivity contribution in [3.05, 3.63) is 47.1 Å². The van der Waals surface area contributed by atoms with Crippen LogP contribution in [0.15, 0.2) is 36.4 Å². The number of piperidine rings is 1. The minimum Gasteiger partial charge on any atom is -0.317 e. The Bertz CT molecular complexity index is 849. The molecule has 0 radical (unpaired) electrons. The van der Waals surface area contributed by atoms with Crippen LogP contribution in [0.2, 0.25) is 5.02 Å². The number of imidazole rings is 1. The van der Waals surface area contributed by atoms with Crippen molar-refractivity contribution < 1.29 is 0 Å². The van der Waals surface area contributed by atoms with E-state index in [1.807, 2.05) is 37.3 Å². The van der Waals surface area contributed by atoms with E-state index < -0.39 is 0 Å². The number of halogens is 1. The van der Waals surface area contributed by atoms with E-state index in [9.17, 15) is 0 Å². The lowest BCUT2D eigenvalue weighted by Crippen LogP contribution is -2.29. The lowest BCUT2D eigenvalue weighted by molar-refractivity contribution is 0.376. The maximum Gasteiger partial charge on any atom is 0.160 e. The van der Waals surface area contributed by atoms with Gasteiger partial charge in [-0.15, -0.1) is 0 Å². The van der Waals surface area contributed by atoms with Gasteiger partial charge in [-0.25, -0.2) is 9.97 Å². The van der Waals surface area contributed by atoms with E-state index in [2.05, 4.69) is 16.0 Å². The molecule has 1 saturated heterocycles. The average molecular weight is 327 g/mol. The zero-order valence-corrected chi connectivity index (χ0v) is 13.8. The van der Waals surface area contributed by atoms with Crippen molar-refractivity contribution in [2.24, 2.45) is 0 Å². The van der Waals surface area contributed by atoms with Crippen LogP contribution in [-0.4, -0.2) is 27.6 Å². The zero-order chi connectivity index (χ0) is 15.8. The first-order chi connectivity index (χ1) is 11.2. The smallest absolute Gasteiger partial charge is 0.160 e. The molecular weight excluding hydrogens is 308 g/mol. The van der Waals surface area contributed by atoms with E-state index in [0.29, 0.717) is 6.04 Å². The van der Waals surface area contributed by atoms with Gasteiger partial charge in [-0.3, -0.25) is 0 Å². The molecule has 0 atom stereocenters. The molecule has 1 aliphatic rings. The highest BCUT2D eigenvalue weighted by Gasteiger charge is 2.23. The van der Waals surface area contributed by atoms with E-state index in [1.165, 1.54) is 0 Å². The Labute approximate surface area is 140 Å². The molecular formula is C18H19ClN4. The molecule has 0 bridgehead atoms. The molecule has 0 unspecified atom stereocenters.